The molecule has 0 unspecified atom stereocenters. The van der Waals surface area contributed by atoms with Crippen LogP contribution in [0.25, 0.3) is 0 Å². The fourth-order valence-corrected chi connectivity index (χ4v) is 4.23. The Morgan fingerprint density at radius 3 is 2.56 bits per heavy atom. The first-order chi connectivity index (χ1) is 15.3. The number of nitrogens with one attached hydrogen (secondary N) is 2. The molecule has 0 saturated carbocycles. The van der Waals surface area contributed by atoms with Crippen molar-refractivity contribution in [2.45, 2.75) is 37.5 Å². The van der Waals surface area contributed by atoms with Gasteiger partial charge in [-0.2, -0.15) is 0 Å². The van der Waals surface area contributed by atoms with Gasteiger partial charge in [0.1, 0.15) is 13.2 Å². The van der Waals surface area contributed by atoms with Crippen molar-refractivity contribution in [3.63, 3.8) is 0 Å². The van der Waals surface area contributed by atoms with Crippen molar-refractivity contribution in [3.05, 3.63) is 52.1 Å². The molecule has 0 aromatic heterocycles. The minimum Gasteiger partial charge on any atom is -0.486 e. The molecule has 1 amide bonds. The van der Waals surface area contributed by atoms with Crippen molar-refractivity contribution in [1.82, 2.24) is 4.72 Å². The van der Waals surface area contributed by atoms with Gasteiger partial charge < -0.3 is 14.8 Å². The number of anilines is 1. The van der Waals surface area contributed by atoms with E-state index in [4.69, 9.17) is 9.47 Å². The molecule has 2 N–H and O–H groups in total. The molecule has 2 aromatic carbocycles. The number of fused-ring (bicyclic) bond motifs is 1. The van der Waals surface area contributed by atoms with Gasteiger partial charge in [-0.15, -0.1) is 0 Å². The lowest BCUT2D eigenvalue weighted by Gasteiger charge is -2.18. The van der Waals surface area contributed by atoms with E-state index in [0.717, 1.165) is 5.56 Å². The minimum absolute atomic E-state index is 0.0869. The summed E-state index contributed by atoms with van der Waals surface area (Å²) in [5, 5.41) is 13.6. The summed E-state index contributed by atoms with van der Waals surface area (Å²) in [4.78, 5) is 22.6. The summed E-state index contributed by atoms with van der Waals surface area (Å²) in [6, 6.07) is 8.79. The maximum Gasteiger partial charge on any atom is 0.271 e. The highest BCUT2D eigenvalue weighted by molar-refractivity contribution is 7.89. The van der Waals surface area contributed by atoms with Gasteiger partial charge in [0, 0.05) is 31.2 Å². The van der Waals surface area contributed by atoms with Gasteiger partial charge >= 0.3 is 0 Å². The van der Waals surface area contributed by atoms with Gasteiger partial charge in [-0.1, -0.05) is 12.5 Å². The summed E-state index contributed by atoms with van der Waals surface area (Å²) in [5.74, 6) is 0.684. The number of benzene rings is 2. The highest BCUT2D eigenvalue weighted by atomic mass is 32.2. The molecular formula is C21H25N3O7S. The van der Waals surface area contributed by atoms with E-state index in [9.17, 15) is 23.3 Å². The number of rotatable bonds is 10. The Kier molecular flexibility index (Phi) is 7.65. The van der Waals surface area contributed by atoms with E-state index >= 15 is 0 Å². The van der Waals surface area contributed by atoms with Crippen LogP contribution in [-0.2, 0) is 14.8 Å². The summed E-state index contributed by atoms with van der Waals surface area (Å²) in [6.45, 7) is 2.80. The Balaban J connectivity index is 1.40. The number of hydrogen-bond donors (Lipinski definition) is 2. The van der Waals surface area contributed by atoms with Crippen LogP contribution in [0.2, 0.25) is 0 Å². The Bertz CT molecular complexity index is 1100. The lowest BCUT2D eigenvalue weighted by atomic mass is 10.1. The molecule has 0 aliphatic carbocycles. The van der Waals surface area contributed by atoms with Gasteiger partial charge in [0.05, 0.1) is 15.5 Å². The van der Waals surface area contributed by atoms with Gasteiger partial charge in [0.25, 0.3) is 5.69 Å². The molecule has 1 heterocycles. The molecule has 0 bridgehead atoms. The summed E-state index contributed by atoms with van der Waals surface area (Å²) in [7, 11) is -3.67. The zero-order valence-corrected chi connectivity index (χ0v) is 18.4. The van der Waals surface area contributed by atoms with Crippen LogP contribution >= 0.6 is 0 Å². The van der Waals surface area contributed by atoms with Gasteiger partial charge in [-0.25, -0.2) is 13.1 Å². The third kappa shape index (κ3) is 6.17. The van der Waals surface area contributed by atoms with Crippen LogP contribution in [0.1, 0.15) is 31.2 Å². The molecule has 10 nitrogen and oxygen atoms in total. The Morgan fingerprint density at radius 1 is 1.06 bits per heavy atom. The molecule has 0 saturated heterocycles. The second-order valence-corrected chi connectivity index (χ2v) is 9.09. The van der Waals surface area contributed by atoms with E-state index in [1.165, 1.54) is 24.3 Å². The minimum atomic E-state index is -3.67. The summed E-state index contributed by atoms with van der Waals surface area (Å²) < 4.78 is 38.3. The van der Waals surface area contributed by atoms with Crippen LogP contribution < -0.4 is 19.5 Å². The lowest BCUT2D eigenvalue weighted by molar-refractivity contribution is -0.384. The van der Waals surface area contributed by atoms with Crippen LogP contribution in [0.15, 0.2) is 41.3 Å². The van der Waals surface area contributed by atoms with Crippen molar-refractivity contribution in [3.8, 4) is 11.5 Å². The number of amides is 1. The molecule has 3 rings (SSSR count). The quantitative estimate of drug-likeness (QED) is 0.314. The number of carbonyl (C=O) groups excluding carboxylic acids is 1. The molecule has 1 aliphatic heterocycles. The highest BCUT2D eigenvalue weighted by Crippen LogP contribution is 2.32. The fourth-order valence-electron chi connectivity index (χ4n) is 3.14. The first-order valence-corrected chi connectivity index (χ1v) is 11.7. The van der Waals surface area contributed by atoms with E-state index in [1.807, 2.05) is 0 Å². The van der Waals surface area contributed by atoms with Crippen molar-refractivity contribution in [2.24, 2.45) is 0 Å². The smallest absolute Gasteiger partial charge is 0.271 e. The predicted octanol–water partition coefficient (Wildman–Crippen LogP) is 3.15. The molecule has 172 valence electrons. The van der Waals surface area contributed by atoms with Crippen LogP contribution in [0.5, 0.6) is 11.5 Å². The summed E-state index contributed by atoms with van der Waals surface area (Å²) in [6.07, 6.45) is 2.00. The normalized spacial score (nSPS) is 12.9. The van der Waals surface area contributed by atoms with Gasteiger partial charge in [0.2, 0.25) is 15.9 Å². The number of unbranched alkanes of at least 4 members (excludes halogenated alkanes) is 2. The Labute approximate surface area is 186 Å². The number of hydrogen-bond acceptors (Lipinski definition) is 7. The number of carbonyl (C=O) groups is 1. The van der Waals surface area contributed by atoms with Gasteiger partial charge in [-0.3, -0.25) is 14.9 Å². The first-order valence-electron chi connectivity index (χ1n) is 10.2. The van der Waals surface area contributed by atoms with Crippen LogP contribution in [0.4, 0.5) is 11.4 Å². The van der Waals surface area contributed by atoms with Gasteiger partial charge in [0.15, 0.2) is 11.5 Å². The van der Waals surface area contributed by atoms with Crippen molar-refractivity contribution in [2.75, 3.05) is 25.1 Å². The standard InChI is InChI=1S/C21H25N3O7S/c1-15-6-7-16(24(26)27)13-18(15)23-21(25)5-3-2-4-10-22-32(28,29)17-8-9-19-20(14-17)31-12-11-30-19/h6-9,13-14,22H,2-5,10-12H2,1H3,(H,23,25). The fraction of sp³-hybridized carbons (Fsp3) is 0.381. The summed E-state index contributed by atoms with van der Waals surface area (Å²) >= 11 is 0. The number of sulfonamides is 1. The lowest BCUT2D eigenvalue weighted by Crippen LogP contribution is -2.25. The van der Waals surface area contributed by atoms with Gasteiger partial charge in [-0.05, 0) is 37.5 Å². The molecule has 11 heteroatoms. The predicted molar refractivity (Wildman–Crippen MR) is 118 cm³/mol. The van der Waals surface area contributed by atoms with Crippen LogP contribution in [-0.4, -0.2) is 39.0 Å². The highest BCUT2D eigenvalue weighted by Gasteiger charge is 2.19. The monoisotopic (exact) mass is 463 g/mol. The van der Waals surface area contributed by atoms with Crippen LogP contribution in [0.3, 0.4) is 0 Å². The van der Waals surface area contributed by atoms with E-state index in [2.05, 4.69) is 10.0 Å². The molecule has 0 fully saturated rings. The number of nitro benzene ring substituents is 1. The maximum atomic E-state index is 12.4. The Morgan fingerprint density at radius 2 is 1.81 bits per heavy atom. The van der Waals surface area contributed by atoms with E-state index < -0.39 is 14.9 Å². The number of nitrogens with zero attached hydrogens (tertiary/aromatic N) is 1. The Hall–Kier alpha value is -3.18. The molecule has 1 aliphatic rings. The average Bonchev–Trinajstić information content (AvgIpc) is 2.77. The van der Waals surface area contributed by atoms with E-state index in [0.29, 0.717) is 49.7 Å². The zero-order chi connectivity index (χ0) is 23.1. The first kappa shape index (κ1) is 23.5. The molecule has 32 heavy (non-hydrogen) atoms. The number of aryl methyl sites for hydroxylation is 1. The number of nitro groups is 1. The summed E-state index contributed by atoms with van der Waals surface area (Å²) in [5.41, 5.74) is 1.06. The van der Waals surface area contributed by atoms with Crippen molar-refractivity contribution in [1.29, 1.82) is 0 Å². The second kappa shape index (κ2) is 10.4. The number of ether oxygens (including phenoxy) is 2. The molecule has 0 radical (unpaired) electrons. The second-order valence-electron chi connectivity index (χ2n) is 7.32. The SMILES string of the molecule is Cc1ccc([N+](=O)[O-])cc1NC(=O)CCCCCNS(=O)(=O)c1ccc2c(c1)OCCO2. The molecule has 2 aromatic rings. The third-order valence-corrected chi connectivity index (χ3v) is 6.36. The van der Waals surface area contributed by atoms with E-state index in [-0.39, 0.29) is 29.5 Å². The van der Waals surface area contributed by atoms with Crippen LogP contribution in [0, 0.1) is 17.0 Å². The molecule has 0 atom stereocenters. The topological polar surface area (TPSA) is 137 Å². The molecule has 0 spiro atoms. The van der Waals surface area contributed by atoms with E-state index in [1.54, 1.807) is 19.1 Å². The number of non-ortho nitro benzene ring substituents is 1. The van der Waals surface area contributed by atoms with Crippen molar-refractivity contribution >= 4 is 27.3 Å². The zero-order valence-electron chi connectivity index (χ0n) is 17.6. The average molecular weight is 464 g/mol. The molecular weight excluding hydrogens is 438 g/mol. The largest absolute Gasteiger partial charge is 0.486 e. The third-order valence-electron chi connectivity index (χ3n) is 4.90. The maximum absolute atomic E-state index is 12.4. The van der Waals surface area contributed by atoms with Crippen molar-refractivity contribution < 1.29 is 27.6 Å².